The summed E-state index contributed by atoms with van der Waals surface area (Å²) in [6.45, 7) is 3.12. The summed E-state index contributed by atoms with van der Waals surface area (Å²) in [6, 6.07) is 12.6. The van der Waals surface area contributed by atoms with Crippen molar-refractivity contribution in [3.8, 4) is 5.75 Å². The van der Waals surface area contributed by atoms with Crippen LogP contribution in [-0.2, 0) is 6.54 Å². The van der Waals surface area contributed by atoms with Crippen LogP contribution < -0.4 is 16.2 Å². The summed E-state index contributed by atoms with van der Waals surface area (Å²) in [6.07, 6.45) is 2.02. The fraction of sp³-hybridized carbons (Fsp3) is 0.333. The maximum absolute atomic E-state index is 13.8. The van der Waals surface area contributed by atoms with Crippen LogP contribution in [-0.4, -0.2) is 34.6 Å². The van der Waals surface area contributed by atoms with Gasteiger partial charge >= 0.3 is 0 Å². The highest BCUT2D eigenvalue weighted by atomic mass is 19.1. The first kappa shape index (κ1) is 18.4. The molecule has 1 aliphatic rings. The van der Waals surface area contributed by atoms with Gasteiger partial charge in [-0.3, -0.25) is 4.90 Å². The minimum Gasteiger partial charge on any atom is -0.492 e. The van der Waals surface area contributed by atoms with Crippen LogP contribution in [0.5, 0.6) is 5.75 Å². The number of anilines is 2. The Bertz CT molecular complexity index is 972. The normalized spacial score (nSPS) is 15.8. The van der Waals surface area contributed by atoms with Crippen LogP contribution in [0.2, 0.25) is 0 Å². The number of rotatable bonds is 5. The van der Waals surface area contributed by atoms with Crippen molar-refractivity contribution in [2.45, 2.75) is 19.4 Å². The third-order valence-electron chi connectivity index (χ3n) is 5.26. The topological polar surface area (TPSA) is 90.3 Å². The molecule has 4 N–H and O–H groups in total. The number of benzene rings is 2. The van der Waals surface area contributed by atoms with Gasteiger partial charge in [0.2, 0.25) is 5.95 Å². The lowest BCUT2D eigenvalue weighted by molar-refractivity contribution is 0.136. The van der Waals surface area contributed by atoms with Gasteiger partial charge in [-0.25, -0.2) is 9.37 Å². The van der Waals surface area contributed by atoms with Gasteiger partial charge in [0, 0.05) is 12.1 Å². The number of piperidine rings is 1. The lowest BCUT2D eigenvalue weighted by atomic mass is 9.97. The molecule has 1 aromatic heterocycles. The van der Waals surface area contributed by atoms with Crippen molar-refractivity contribution in [1.29, 1.82) is 0 Å². The van der Waals surface area contributed by atoms with Gasteiger partial charge in [0.1, 0.15) is 17.4 Å². The fourth-order valence-corrected chi connectivity index (χ4v) is 3.70. The number of nitrogens with zero attached hydrogens (tertiary/aromatic N) is 3. The Morgan fingerprint density at radius 2 is 1.82 bits per heavy atom. The highest BCUT2D eigenvalue weighted by molar-refractivity contribution is 5.94. The lowest BCUT2D eigenvalue weighted by Crippen LogP contribution is -2.35. The molecule has 4 rings (SSSR count). The van der Waals surface area contributed by atoms with E-state index in [0.717, 1.165) is 31.5 Å². The van der Waals surface area contributed by atoms with Crippen molar-refractivity contribution in [3.63, 3.8) is 0 Å². The van der Waals surface area contributed by atoms with E-state index in [2.05, 4.69) is 14.9 Å². The first-order chi connectivity index (χ1) is 13.6. The van der Waals surface area contributed by atoms with E-state index in [4.69, 9.17) is 16.2 Å². The molecule has 1 fully saturated rings. The van der Waals surface area contributed by atoms with E-state index in [9.17, 15) is 4.39 Å². The Morgan fingerprint density at radius 3 is 2.61 bits per heavy atom. The Labute approximate surface area is 163 Å². The maximum Gasteiger partial charge on any atom is 0.222 e. The maximum atomic E-state index is 13.8. The van der Waals surface area contributed by atoms with Crippen LogP contribution in [0.15, 0.2) is 42.5 Å². The van der Waals surface area contributed by atoms with Crippen LogP contribution >= 0.6 is 0 Å². The third kappa shape index (κ3) is 3.99. The second-order valence-electron chi connectivity index (χ2n) is 7.24. The second kappa shape index (κ2) is 7.98. The molecule has 146 valence electrons. The third-order valence-corrected chi connectivity index (χ3v) is 5.26. The van der Waals surface area contributed by atoms with Gasteiger partial charge in [-0.05, 0) is 50.0 Å². The van der Waals surface area contributed by atoms with Crippen molar-refractivity contribution in [1.82, 2.24) is 14.9 Å². The number of halogens is 1. The number of aromatic nitrogens is 2. The average molecular weight is 381 g/mol. The first-order valence-corrected chi connectivity index (χ1v) is 9.50. The predicted molar refractivity (Wildman–Crippen MR) is 108 cm³/mol. The zero-order valence-electron chi connectivity index (χ0n) is 15.6. The van der Waals surface area contributed by atoms with Crippen LogP contribution in [0.4, 0.5) is 16.2 Å². The Kier molecular flexibility index (Phi) is 5.25. The number of nitrogen functional groups attached to an aromatic ring is 2. The van der Waals surface area contributed by atoms with Crippen molar-refractivity contribution < 1.29 is 9.13 Å². The minimum absolute atomic E-state index is 0.135. The number of likely N-dealkylation sites (tertiary alicyclic amines) is 1. The molecule has 0 saturated carbocycles. The average Bonchev–Trinajstić information content (AvgIpc) is 2.69. The Balaban J connectivity index is 1.35. The SMILES string of the molecule is Nc1nc(N)c2c(OCC3CCN(Cc4ccccc4F)CC3)cccc2n1. The summed E-state index contributed by atoms with van der Waals surface area (Å²) in [5, 5.41) is 0.702. The summed E-state index contributed by atoms with van der Waals surface area (Å²) in [7, 11) is 0. The summed E-state index contributed by atoms with van der Waals surface area (Å²) < 4.78 is 19.9. The van der Waals surface area contributed by atoms with Crippen molar-refractivity contribution in [2.24, 2.45) is 5.92 Å². The summed E-state index contributed by atoms with van der Waals surface area (Å²) >= 11 is 0. The van der Waals surface area contributed by atoms with E-state index in [-0.39, 0.29) is 11.8 Å². The molecule has 7 heteroatoms. The van der Waals surface area contributed by atoms with E-state index < -0.39 is 0 Å². The summed E-state index contributed by atoms with van der Waals surface area (Å²) in [5.74, 6) is 1.48. The van der Waals surface area contributed by atoms with Gasteiger partial charge in [0.25, 0.3) is 0 Å². The van der Waals surface area contributed by atoms with Gasteiger partial charge in [-0.2, -0.15) is 4.98 Å². The molecule has 0 atom stereocenters. The van der Waals surface area contributed by atoms with Gasteiger partial charge in [0.15, 0.2) is 0 Å². The number of hydrogen-bond acceptors (Lipinski definition) is 6. The highest BCUT2D eigenvalue weighted by Gasteiger charge is 2.21. The van der Waals surface area contributed by atoms with Crippen LogP contribution in [0.25, 0.3) is 10.9 Å². The quantitative estimate of drug-likeness (QED) is 0.705. The monoisotopic (exact) mass is 381 g/mol. The molecule has 0 spiro atoms. The molecule has 1 saturated heterocycles. The molecule has 0 aliphatic carbocycles. The number of fused-ring (bicyclic) bond motifs is 1. The standard InChI is InChI=1S/C21H24FN5O/c22-16-5-2-1-4-15(16)12-27-10-8-14(9-11-27)13-28-18-7-3-6-17-19(18)20(23)26-21(24)25-17/h1-7,14H,8-13H2,(H4,23,24,25,26). The molecule has 2 heterocycles. The van der Waals surface area contributed by atoms with Crippen LogP contribution in [0, 0.1) is 11.7 Å². The van der Waals surface area contributed by atoms with Gasteiger partial charge < -0.3 is 16.2 Å². The fourth-order valence-electron chi connectivity index (χ4n) is 3.70. The van der Waals surface area contributed by atoms with E-state index in [0.29, 0.717) is 41.5 Å². The zero-order chi connectivity index (χ0) is 19.5. The smallest absolute Gasteiger partial charge is 0.222 e. The van der Waals surface area contributed by atoms with Gasteiger partial charge in [0.05, 0.1) is 17.5 Å². The molecule has 1 aliphatic heterocycles. The molecule has 0 bridgehead atoms. The first-order valence-electron chi connectivity index (χ1n) is 9.50. The van der Waals surface area contributed by atoms with Crippen molar-refractivity contribution in [2.75, 3.05) is 31.2 Å². The number of hydrogen-bond donors (Lipinski definition) is 2. The predicted octanol–water partition coefficient (Wildman–Crippen LogP) is 3.22. The number of nitrogens with two attached hydrogens (primary N) is 2. The molecule has 0 radical (unpaired) electrons. The summed E-state index contributed by atoms with van der Waals surface area (Å²) in [4.78, 5) is 10.6. The summed E-state index contributed by atoms with van der Waals surface area (Å²) in [5.41, 5.74) is 13.1. The largest absolute Gasteiger partial charge is 0.492 e. The van der Waals surface area contributed by atoms with E-state index in [1.54, 1.807) is 6.07 Å². The van der Waals surface area contributed by atoms with E-state index in [1.165, 1.54) is 6.07 Å². The van der Waals surface area contributed by atoms with Gasteiger partial charge in [-0.15, -0.1) is 0 Å². The molecular weight excluding hydrogens is 357 g/mol. The molecule has 6 nitrogen and oxygen atoms in total. The van der Waals surface area contributed by atoms with Crippen molar-refractivity contribution >= 4 is 22.7 Å². The van der Waals surface area contributed by atoms with Crippen LogP contribution in [0.3, 0.4) is 0 Å². The lowest BCUT2D eigenvalue weighted by Gasteiger charge is -2.32. The molecule has 28 heavy (non-hydrogen) atoms. The van der Waals surface area contributed by atoms with Gasteiger partial charge in [-0.1, -0.05) is 24.3 Å². The van der Waals surface area contributed by atoms with E-state index >= 15 is 0 Å². The minimum atomic E-state index is -0.135. The second-order valence-corrected chi connectivity index (χ2v) is 7.24. The number of ether oxygens (including phenoxy) is 1. The van der Waals surface area contributed by atoms with E-state index in [1.807, 2.05) is 30.3 Å². The molecule has 3 aromatic rings. The molecular formula is C21H24FN5O. The Hall–Kier alpha value is -2.93. The highest BCUT2D eigenvalue weighted by Crippen LogP contribution is 2.30. The molecule has 0 amide bonds. The van der Waals surface area contributed by atoms with Crippen LogP contribution in [0.1, 0.15) is 18.4 Å². The molecule has 0 unspecified atom stereocenters. The zero-order valence-corrected chi connectivity index (χ0v) is 15.6. The van der Waals surface area contributed by atoms with Crippen molar-refractivity contribution in [3.05, 3.63) is 53.8 Å². The molecule has 2 aromatic carbocycles. The Morgan fingerprint density at radius 1 is 1.04 bits per heavy atom.